The summed E-state index contributed by atoms with van der Waals surface area (Å²) in [6, 6.07) is 0. The average Bonchev–Trinajstić information content (AvgIpc) is 3.37. The van der Waals surface area contributed by atoms with Gasteiger partial charge in [-0.05, 0) is 18.3 Å². The summed E-state index contributed by atoms with van der Waals surface area (Å²) >= 11 is 0. The molecule has 8 heteroatoms. The number of hydrogen-bond donors (Lipinski definition) is 0. The lowest BCUT2D eigenvalue weighted by molar-refractivity contribution is -0.162. The van der Waals surface area contributed by atoms with Gasteiger partial charge in [0.05, 0.1) is 38.3 Å². The standard InChI is InChI=1S/C21H32N2O6/c24-20(28-13-7-22-3-9-26-10-4-22)18-16-1-2-17(15-16)19(18)21(25)29-14-8-23-5-11-27-12-6-23/h1-2,16-19H,3-15H2. The molecule has 2 bridgehead atoms. The van der Waals surface area contributed by atoms with E-state index in [1.165, 1.54) is 0 Å². The van der Waals surface area contributed by atoms with Crippen LogP contribution in [-0.2, 0) is 28.5 Å². The van der Waals surface area contributed by atoms with Gasteiger partial charge in [0.25, 0.3) is 0 Å². The Balaban J connectivity index is 1.24. The molecule has 0 spiro atoms. The van der Waals surface area contributed by atoms with Crippen molar-refractivity contribution in [3.8, 4) is 0 Å². The normalized spacial score (nSPS) is 32.4. The highest BCUT2D eigenvalue weighted by Crippen LogP contribution is 2.49. The van der Waals surface area contributed by atoms with Crippen LogP contribution in [0.3, 0.4) is 0 Å². The van der Waals surface area contributed by atoms with Gasteiger partial charge in [-0.25, -0.2) is 0 Å². The summed E-state index contributed by atoms with van der Waals surface area (Å²) in [6.07, 6.45) is 4.97. The van der Waals surface area contributed by atoms with E-state index in [0.717, 1.165) is 59.0 Å². The molecule has 2 aliphatic heterocycles. The van der Waals surface area contributed by atoms with E-state index in [9.17, 15) is 9.59 Å². The van der Waals surface area contributed by atoms with Gasteiger partial charge in [-0.3, -0.25) is 19.4 Å². The average molecular weight is 408 g/mol. The van der Waals surface area contributed by atoms with Crippen molar-refractivity contribution in [2.45, 2.75) is 6.42 Å². The van der Waals surface area contributed by atoms with Gasteiger partial charge in [0.1, 0.15) is 13.2 Å². The van der Waals surface area contributed by atoms with Crippen molar-refractivity contribution in [2.24, 2.45) is 23.7 Å². The topological polar surface area (TPSA) is 77.5 Å². The number of nitrogens with zero attached hydrogens (tertiary/aromatic N) is 2. The lowest BCUT2D eigenvalue weighted by Gasteiger charge is -2.28. The third-order valence-electron chi connectivity index (χ3n) is 6.51. The number of rotatable bonds is 8. The maximum absolute atomic E-state index is 12.8. The van der Waals surface area contributed by atoms with Crippen LogP contribution in [0.4, 0.5) is 0 Å². The lowest BCUT2D eigenvalue weighted by Crippen LogP contribution is -2.41. The molecule has 0 amide bonds. The Hall–Kier alpha value is -1.48. The first-order valence-electron chi connectivity index (χ1n) is 10.8. The molecule has 1 saturated carbocycles. The molecule has 0 aromatic carbocycles. The summed E-state index contributed by atoms with van der Waals surface area (Å²) in [5, 5.41) is 0. The minimum atomic E-state index is -0.412. The van der Waals surface area contributed by atoms with Crippen molar-refractivity contribution in [1.82, 2.24) is 9.80 Å². The molecule has 4 atom stereocenters. The zero-order valence-corrected chi connectivity index (χ0v) is 17.0. The predicted octanol–water partition coefficient (Wildman–Crippen LogP) is 0.176. The first-order valence-corrected chi connectivity index (χ1v) is 10.8. The van der Waals surface area contributed by atoms with Crippen LogP contribution >= 0.6 is 0 Å². The van der Waals surface area contributed by atoms with Crippen molar-refractivity contribution in [1.29, 1.82) is 0 Å². The van der Waals surface area contributed by atoms with Crippen LogP contribution in [0.2, 0.25) is 0 Å². The molecule has 29 heavy (non-hydrogen) atoms. The minimum Gasteiger partial charge on any atom is -0.464 e. The van der Waals surface area contributed by atoms with Crippen LogP contribution in [0.1, 0.15) is 6.42 Å². The van der Waals surface area contributed by atoms with Crippen LogP contribution in [-0.4, -0.2) is 101 Å². The number of morpholine rings is 2. The van der Waals surface area contributed by atoms with Gasteiger partial charge in [-0.2, -0.15) is 0 Å². The van der Waals surface area contributed by atoms with E-state index >= 15 is 0 Å². The van der Waals surface area contributed by atoms with Crippen LogP contribution in [0, 0.1) is 23.7 Å². The summed E-state index contributed by atoms with van der Waals surface area (Å²) < 4.78 is 21.8. The molecule has 0 aromatic heterocycles. The van der Waals surface area contributed by atoms with E-state index in [1.807, 2.05) is 0 Å². The molecule has 8 nitrogen and oxygen atoms in total. The van der Waals surface area contributed by atoms with Crippen molar-refractivity contribution >= 4 is 11.9 Å². The highest BCUT2D eigenvalue weighted by atomic mass is 16.5. The van der Waals surface area contributed by atoms with Gasteiger partial charge >= 0.3 is 11.9 Å². The Bertz CT molecular complexity index is 550. The Morgan fingerprint density at radius 1 is 0.759 bits per heavy atom. The van der Waals surface area contributed by atoms with Crippen molar-refractivity contribution in [3.05, 3.63) is 12.2 Å². The molecular weight excluding hydrogens is 376 g/mol. The number of esters is 2. The number of carbonyl (C=O) groups excluding carboxylic acids is 2. The Labute approximate surface area is 172 Å². The fourth-order valence-electron chi connectivity index (χ4n) is 4.86. The smallest absolute Gasteiger partial charge is 0.310 e. The quantitative estimate of drug-likeness (QED) is 0.416. The number of hydrogen-bond acceptors (Lipinski definition) is 8. The predicted molar refractivity (Wildman–Crippen MR) is 104 cm³/mol. The maximum Gasteiger partial charge on any atom is 0.310 e. The summed E-state index contributed by atoms with van der Waals surface area (Å²) in [7, 11) is 0. The SMILES string of the molecule is O=C(OCCN1CCOCC1)C1C2C=CC(C2)C1C(=O)OCCN1CCOCC1. The van der Waals surface area contributed by atoms with Crippen LogP contribution in [0.15, 0.2) is 12.2 Å². The van der Waals surface area contributed by atoms with Gasteiger partial charge in [-0.1, -0.05) is 12.2 Å². The van der Waals surface area contributed by atoms with E-state index in [-0.39, 0.29) is 23.8 Å². The van der Waals surface area contributed by atoms with E-state index in [2.05, 4.69) is 22.0 Å². The molecule has 4 unspecified atom stereocenters. The molecular formula is C21H32N2O6. The summed E-state index contributed by atoms with van der Waals surface area (Å²) in [5.41, 5.74) is 0. The van der Waals surface area contributed by atoms with Gasteiger partial charge in [0.15, 0.2) is 0 Å². The third kappa shape index (κ3) is 5.17. The molecule has 2 saturated heterocycles. The first kappa shape index (κ1) is 20.8. The first-order chi connectivity index (χ1) is 14.2. The molecule has 4 aliphatic rings. The number of ether oxygens (including phenoxy) is 4. The molecule has 2 aliphatic carbocycles. The van der Waals surface area contributed by atoms with Crippen molar-refractivity contribution in [3.63, 3.8) is 0 Å². The Morgan fingerprint density at radius 3 is 1.59 bits per heavy atom. The highest BCUT2D eigenvalue weighted by Gasteiger charge is 2.53. The molecule has 3 fully saturated rings. The third-order valence-corrected chi connectivity index (χ3v) is 6.51. The van der Waals surface area contributed by atoms with Crippen LogP contribution in [0.25, 0.3) is 0 Å². The summed E-state index contributed by atoms with van der Waals surface area (Å²) in [4.78, 5) is 30.0. The van der Waals surface area contributed by atoms with E-state index in [4.69, 9.17) is 18.9 Å². The second kappa shape index (κ2) is 10.0. The Kier molecular flexibility index (Phi) is 7.18. The van der Waals surface area contributed by atoms with Gasteiger partial charge in [0, 0.05) is 39.3 Å². The Morgan fingerprint density at radius 2 is 1.17 bits per heavy atom. The minimum absolute atomic E-state index is 0.0904. The zero-order valence-electron chi connectivity index (χ0n) is 17.0. The van der Waals surface area contributed by atoms with E-state index in [0.29, 0.717) is 26.3 Å². The van der Waals surface area contributed by atoms with Gasteiger partial charge < -0.3 is 18.9 Å². The second-order valence-electron chi connectivity index (χ2n) is 8.24. The maximum atomic E-state index is 12.8. The largest absolute Gasteiger partial charge is 0.464 e. The number of carbonyl (C=O) groups is 2. The summed E-state index contributed by atoms with van der Waals surface area (Å²) in [6.45, 7) is 8.50. The fourth-order valence-corrected chi connectivity index (χ4v) is 4.86. The van der Waals surface area contributed by atoms with Gasteiger partial charge in [0.2, 0.25) is 0 Å². The highest BCUT2D eigenvalue weighted by molar-refractivity contribution is 5.84. The molecule has 0 radical (unpaired) electrons. The number of fused-ring (bicyclic) bond motifs is 2. The van der Waals surface area contributed by atoms with Crippen molar-refractivity contribution in [2.75, 3.05) is 78.9 Å². The number of allylic oxidation sites excluding steroid dienone is 2. The fraction of sp³-hybridized carbons (Fsp3) is 0.810. The molecule has 162 valence electrons. The lowest BCUT2D eigenvalue weighted by atomic mass is 9.83. The van der Waals surface area contributed by atoms with E-state index in [1.54, 1.807) is 0 Å². The monoisotopic (exact) mass is 408 g/mol. The van der Waals surface area contributed by atoms with Crippen molar-refractivity contribution < 1.29 is 28.5 Å². The van der Waals surface area contributed by atoms with E-state index < -0.39 is 11.8 Å². The zero-order chi connectivity index (χ0) is 20.1. The summed E-state index contributed by atoms with van der Waals surface area (Å²) in [5.74, 6) is -1.16. The van der Waals surface area contributed by atoms with Gasteiger partial charge in [-0.15, -0.1) is 0 Å². The molecule has 4 rings (SSSR count). The van der Waals surface area contributed by atoms with Crippen LogP contribution in [0.5, 0.6) is 0 Å². The molecule has 2 heterocycles. The molecule has 0 N–H and O–H groups in total. The second-order valence-corrected chi connectivity index (χ2v) is 8.24. The van der Waals surface area contributed by atoms with Crippen LogP contribution < -0.4 is 0 Å². The molecule has 0 aromatic rings.